The highest BCUT2D eigenvalue weighted by Crippen LogP contribution is 2.28. The maximum Gasteiger partial charge on any atom is 0.106 e. The molecular formula is C18H27N3. The summed E-state index contributed by atoms with van der Waals surface area (Å²) in [6, 6.07) is 11.5. The van der Waals surface area contributed by atoms with Crippen LogP contribution < -0.4 is 10.2 Å². The van der Waals surface area contributed by atoms with E-state index in [1.165, 1.54) is 11.3 Å². The molecule has 1 aromatic rings. The lowest BCUT2D eigenvalue weighted by Crippen LogP contribution is -2.47. The van der Waals surface area contributed by atoms with E-state index in [9.17, 15) is 5.26 Å². The van der Waals surface area contributed by atoms with Crippen molar-refractivity contribution in [1.29, 1.82) is 5.26 Å². The van der Waals surface area contributed by atoms with Crippen LogP contribution in [0.2, 0.25) is 0 Å². The van der Waals surface area contributed by atoms with Gasteiger partial charge in [0.2, 0.25) is 0 Å². The second kappa shape index (κ2) is 6.95. The van der Waals surface area contributed by atoms with E-state index in [-0.39, 0.29) is 5.54 Å². The molecule has 1 aliphatic heterocycles. The topological polar surface area (TPSA) is 39.1 Å². The summed E-state index contributed by atoms with van der Waals surface area (Å²) >= 11 is 0. The maximum absolute atomic E-state index is 9.55. The van der Waals surface area contributed by atoms with E-state index >= 15 is 0 Å². The predicted molar refractivity (Wildman–Crippen MR) is 88.5 cm³/mol. The van der Waals surface area contributed by atoms with Gasteiger partial charge in [0, 0.05) is 24.8 Å². The highest BCUT2D eigenvalue weighted by molar-refractivity contribution is 5.57. The van der Waals surface area contributed by atoms with Crippen LogP contribution in [0.5, 0.6) is 0 Å². The summed E-state index contributed by atoms with van der Waals surface area (Å²) in [6.07, 6.45) is 3.97. The molecule has 21 heavy (non-hydrogen) atoms. The minimum atomic E-state index is -0.368. The summed E-state index contributed by atoms with van der Waals surface area (Å²) in [7, 11) is 0. The Kier molecular flexibility index (Phi) is 5.25. The van der Waals surface area contributed by atoms with E-state index in [1.54, 1.807) is 0 Å². The molecule has 1 aromatic carbocycles. The summed E-state index contributed by atoms with van der Waals surface area (Å²) in [6.45, 7) is 8.48. The van der Waals surface area contributed by atoms with Gasteiger partial charge in [-0.2, -0.15) is 5.26 Å². The second-order valence-corrected chi connectivity index (χ2v) is 6.32. The highest BCUT2D eigenvalue weighted by Gasteiger charge is 2.28. The SMILES string of the molecule is CCC(C#N)(CCCN1CCc2ccccc21)NC(C)C. The molecule has 1 atom stereocenters. The number of rotatable bonds is 7. The lowest BCUT2D eigenvalue weighted by Gasteiger charge is -2.30. The largest absolute Gasteiger partial charge is 0.371 e. The number of hydrogen-bond donors (Lipinski definition) is 1. The first-order valence-corrected chi connectivity index (χ1v) is 8.12. The number of nitriles is 1. The Balaban J connectivity index is 1.91. The lowest BCUT2D eigenvalue weighted by atomic mass is 9.91. The van der Waals surface area contributed by atoms with Gasteiger partial charge in [-0.05, 0) is 51.2 Å². The molecule has 0 spiro atoms. The maximum atomic E-state index is 9.55. The Morgan fingerprint density at radius 2 is 2.14 bits per heavy atom. The summed E-state index contributed by atoms with van der Waals surface area (Å²) in [5.41, 5.74) is 2.47. The predicted octanol–water partition coefficient (Wildman–Crippen LogP) is 3.50. The standard InChI is InChI=1S/C18H27N3/c1-4-18(14-19,20-15(2)3)11-7-12-21-13-10-16-8-5-6-9-17(16)21/h5-6,8-9,15,20H,4,7,10-13H2,1-3H3. The van der Waals surface area contributed by atoms with Crippen LogP contribution in [0.25, 0.3) is 0 Å². The first-order valence-electron chi connectivity index (χ1n) is 8.12. The number of benzene rings is 1. The molecule has 0 saturated carbocycles. The smallest absolute Gasteiger partial charge is 0.106 e. The molecule has 0 amide bonds. The van der Waals surface area contributed by atoms with Crippen molar-refractivity contribution < 1.29 is 0 Å². The molecule has 1 aliphatic rings. The summed E-state index contributed by atoms with van der Waals surface area (Å²) < 4.78 is 0. The molecule has 0 bridgehead atoms. The van der Waals surface area contributed by atoms with Crippen LogP contribution in [0.1, 0.15) is 45.6 Å². The molecule has 114 valence electrons. The Morgan fingerprint density at radius 1 is 1.38 bits per heavy atom. The summed E-state index contributed by atoms with van der Waals surface area (Å²) in [5, 5.41) is 13.0. The Bertz CT molecular complexity index is 503. The van der Waals surface area contributed by atoms with Crippen molar-refractivity contribution in [3.05, 3.63) is 29.8 Å². The average Bonchev–Trinajstić information content (AvgIpc) is 2.89. The van der Waals surface area contributed by atoms with Crippen LogP contribution >= 0.6 is 0 Å². The third-order valence-corrected chi connectivity index (χ3v) is 4.40. The zero-order chi connectivity index (χ0) is 15.3. The molecule has 2 rings (SSSR count). The average molecular weight is 285 g/mol. The zero-order valence-electron chi connectivity index (χ0n) is 13.5. The number of nitrogens with one attached hydrogen (secondary N) is 1. The molecule has 1 unspecified atom stereocenters. The molecule has 0 aromatic heterocycles. The van der Waals surface area contributed by atoms with Crippen LogP contribution in [0.3, 0.4) is 0 Å². The van der Waals surface area contributed by atoms with Gasteiger partial charge in [-0.25, -0.2) is 0 Å². The number of nitrogens with zero attached hydrogens (tertiary/aromatic N) is 2. The fourth-order valence-electron chi connectivity index (χ4n) is 3.28. The van der Waals surface area contributed by atoms with Crippen LogP contribution in [-0.2, 0) is 6.42 Å². The van der Waals surface area contributed by atoms with Gasteiger partial charge in [0.25, 0.3) is 0 Å². The van der Waals surface area contributed by atoms with Gasteiger partial charge in [0.15, 0.2) is 0 Å². The summed E-state index contributed by atoms with van der Waals surface area (Å²) in [4.78, 5) is 2.46. The molecule has 1 heterocycles. The van der Waals surface area contributed by atoms with Gasteiger partial charge in [-0.15, -0.1) is 0 Å². The second-order valence-electron chi connectivity index (χ2n) is 6.32. The van der Waals surface area contributed by atoms with Crippen molar-refractivity contribution in [3.63, 3.8) is 0 Å². The molecule has 1 N–H and O–H groups in total. The first-order chi connectivity index (χ1) is 10.1. The number of para-hydroxylation sites is 1. The minimum absolute atomic E-state index is 0.345. The van der Waals surface area contributed by atoms with E-state index < -0.39 is 0 Å². The van der Waals surface area contributed by atoms with Crippen LogP contribution in [0, 0.1) is 11.3 Å². The fourth-order valence-corrected chi connectivity index (χ4v) is 3.28. The van der Waals surface area contributed by atoms with Gasteiger partial charge in [0.1, 0.15) is 5.54 Å². The van der Waals surface area contributed by atoms with Gasteiger partial charge in [0.05, 0.1) is 6.07 Å². The number of fused-ring (bicyclic) bond motifs is 1. The fraction of sp³-hybridized carbons (Fsp3) is 0.611. The highest BCUT2D eigenvalue weighted by atomic mass is 15.1. The van der Waals surface area contributed by atoms with Crippen molar-refractivity contribution in [2.75, 3.05) is 18.0 Å². The third-order valence-electron chi connectivity index (χ3n) is 4.40. The van der Waals surface area contributed by atoms with Crippen LogP contribution in [0.15, 0.2) is 24.3 Å². The first kappa shape index (κ1) is 15.9. The minimum Gasteiger partial charge on any atom is -0.371 e. The van der Waals surface area contributed by atoms with E-state index in [0.29, 0.717) is 6.04 Å². The van der Waals surface area contributed by atoms with Crippen LogP contribution in [-0.4, -0.2) is 24.7 Å². The van der Waals surface area contributed by atoms with Crippen molar-refractivity contribution in [2.45, 2.75) is 58.0 Å². The van der Waals surface area contributed by atoms with Gasteiger partial charge >= 0.3 is 0 Å². The molecule has 3 heteroatoms. The van der Waals surface area contributed by atoms with Crippen molar-refractivity contribution in [2.24, 2.45) is 0 Å². The van der Waals surface area contributed by atoms with E-state index in [4.69, 9.17) is 0 Å². The van der Waals surface area contributed by atoms with Crippen molar-refractivity contribution in [1.82, 2.24) is 5.32 Å². The molecule has 3 nitrogen and oxygen atoms in total. The Labute approximate surface area is 129 Å². The van der Waals surface area contributed by atoms with Gasteiger partial charge in [-0.3, -0.25) is 5.32 Å². The van der Waals surface area contributed by atoms with Gasteiger partial charge in [-0.1, -0.05) is 25.1 Å². The summed E-state index contributed by atoms with van der Waals surface area (Å²) in [5.74, 6) is 0. The molecule has 0 aliphatic carbocycles. The lowest BCUT2D eigenvalue weighted by molar-refractivity contribution is 0.337. The van der Waals surface area contributed by atoms with E-state index in [2.05, 4.69) is 61.3 Å². The third kappa shape index (κ3) is 3.77. The number of hydrogen-bond acceptors (Lipinski definition) is 3. The van der Waals surface area contributed by atoms with E-state index in [0.717, 1.165) is 38.8 Å². The normalized spacial score (nSPS) is 16.6. The van der Waals surface area contributed by atoms with Crippen molar-refractivity contribution >= 4 is 5.69 Å². The van der Waals surface area contributed by atoms with Gasteiger partial charge < -0.3 is 4.90 Å². The van der Waals surface area contributed by atoms with E-state index in [1.807, 2.05) is 0 Å². The quantitative estimate of drug-likeness (QED) is 0.833. The molecular weight excluding hydrogens is 258 g/mol. The number of anilines is 1. The Morgan fingerprint density at radius 3 is 2.81 bits per heavy atom. The van der Waals surface area contributed by atoms with Crippen LogP contribution in [0.4, 0.5) is 5.69 Å². The van der Waals surface area contributed by atoms with Crippen molar-refractivity contribution in [3.8, 4) is 6.07 Å². The monoisotopic (exact) mass is 285 g/mol. The zero-order valence-corrected chi connectivity index (χ0v) is 13.5. The Hall–Kier alpha value is -1.53. The molecule has 0 fully saturated rings. The molecule has 0 radical (unpaired) electrons. The molecule has 0 saturated heterocycles.